The Balaban J connectivity index is 0.000000165. The number of rotatable bonds is 1. The molecule has 0 saturated heterocycles. The summed E-state index contributed by atoms with van der Waals surface area (Å²) in [6, 6.07) is 7.54. The molecule has 0 amide bonds. The zero-order valence-electron chi connectivity index (χ0n) is 8.35. The number of carbonyl (C=O) groups is 2. The number of halogens is 1. The fourth-order valence-electron chi connectivity index (χ4n) is 0.902. The molecule has 0 saturated carbocycles. The molecule has 0 bridgehead atoms. The fraction of sp³-hybridized carbons (Fsp3) is 0. The van der Waals surface area contributed by atoms with Gasteiger partial charge >= 0.3 is 11.9 Å². The zero-order valence-corrected chi connectivity index (χ0v) is 9.11. The van der Waals surface area contributed by atoms with Crippen LogP contribution in [0, 0.1) is 0 Å². The van der Waals surface area contributed by atoms with E-state index < -0.39 is 11.9 Å². The van der Waals surface area contributed by atoms with Crippen molar-refractivity contribution in [3.8, 4) is 0 Å². The number of ether oxygens (including phenoxy) is 1. The molecule has 1 heterocycles. The summed E-state index contributed by atoms with van der Waals surface area (Å²) in [6.45, 7) is 3.62. The van der Waals surface area contributed by atoms with E-state index in [1.807, 2.05) is 24.3 Å². The van der Waals surface area contributed by atoms with Crippen molar-refractivity contribution in [2.75, 3.05) is 0 Å². The number of esters is 2. The molecule has 0 aromatic heterocycles. The minimum absolute atomic E-state index is 0.579. The Hall–Kier alpha value is -1.87. The molecule has 0 spiro atoms. The van der Waals surface area contributed by atoms with E-state index in [1.165, 1.54) is 0 Å². The van der Waals surface area contributed by atoms with Crippen LogP contribution in [0.15, 0.2) is 43.0 Å². The number of carbonyl (C=O) groups excluding carboxylic acids is 2. The number of cyclic esters (lactones) is 2. The molecule has 0 N–H and O–H groups in total. The Labute approximate surface area is 98.0 Å². The number of benzene rings is 1. The summed E-state index contributed by atoms with van der Waals surface area (Å²) in [5, 5.41) is 0.764. The molecule has 4 heteroatoms. The second-order valence-corrected chi connectivity index (χ2v) is 3.27. The van der Waals surface area contributed by atoms with Gasteiger partial charge in [0, 0.05) is 17.2 Å². The largest absolute Gasteiger partial charge is 0.387 e. The van der Waals surface area contributed by atoms with E-state index in [2.05, 4.69) is 11.3 Å². The average molecular weight is 237 g/mol. The Morgan fingerprint density at radius 1 is 1.06 bits per heavy atom. The molecule has 1 aliphatic rings. The first-order chi connectivity index (χ1) is 7.61. The van der Waals surface area contributed by atoms with Gasteiger partial charge in [0.15, 0.2) is 0 Å². The van der Waals surface area contributed by atoms with E-state index >= 15 is 0 Å². The van der Waals surface area contributed by atoms with E-state index in [-0.39, 0.29) is 0 Å². The van der Waals surface area contributed by atoms with Crippen LogP contribution in [-0.4, -0.2) is 11.9 Å². The van der Waals surface area contributed by atoms with Crippen LogP contribution in [0.4, 0.5) is 0 Å². The van der Waals surface area contributed by atoms with Crippen LogP contribution >= 0.6 is 11.6 Å². The van der Waals surface area contributed by atoms with E-state index in [1.54, 1.807) is 6.08 Å². The van der Waals surface area contributed by atoms with Crippen LogP contribution in [0.25, 0.3) is 6.08 Å². The molecular weight excluding hydrogens is 228 g/mol. The summed E-state index contributed by atoms with van der Waals surface area (Å²) in [6.07, 6.45) is 3.96. The Morgan fingerprint density at radius 3 is 1.88 bits per heavy atom. The van der Waals surface area contributed by atoms with Gasteiger partial charge in [-0.1, -0.05) is 36.4 Å². The average Bonchev–Trinajstić information content (AvgIpc) is 2.65. The minimum atomic E-state index is -0.579. The van der Waals surface area contributed by atoms with Crippen molar-refractivity contribution >= 4 is 29.6 Å². The summed E-state index contributed by atoms with van der Waals surface area (Å²) < 4.78 is 3.97. The molecular formula is C12H9ClO3. The monoisotopic (exact) mass is 236 g/mol. The van der Waals surface area contributed by atoms with E-state index in [0.717, 1.165) is 22.7 Å². The molecule has 0 unspecified atom stereocenters. The maximum atomic E-state index is 9.92. The maximum Gasteiger partial charge on any atom is 0.338 e. The van der Waals surface area contributed by atoms with Gasteiger partial charge in [-0.25, -0.2) is 9.59 Å². The summed E-state index contributed by atoms with van der Waals surface area (Å²) in [5.74, 6) is -1.16. The topological polar surface area (TPSA) is 43.4 Å². The standard InChI is InChI=1S/C8H7Cl.C4H2O3/c1-2-7-3-5-8(9)6-4-7;5-3-1-2-4(6)7-3/h2-6H,1H2;1-2H. The van der Waals surface area contributed by atoms with Gasteiger partial charge in [-0.15, -0.1) is 0 Å². The highest BCUT2D eigenvalue weighted by atomic mass is 35.5. The van der Waals surface area contributed by atoms with Gasteiger partial charge in [0.2, 0.25) is 0 Å². The zero-order chi connectivity index (χ0) is 12.0. The summed E-state index contributed by atoms with van der Waals surface area (Å²) >= 11 is 5.63. The molecule has 0 aliphatic carbocycles. The smallest absolute Gasteiger partial charge is 0.338 e. The summed E-state index contributed by atoms with van der Waals surface area (Å²) in [5.41, 5.74) is 1.10. The lowest BCUT2D eigenvalue weighted by Gasteiger charge is -1.89. The van der Waals surface area contributed by atoms with Crippen molar-refractivity contribution in [2.45, 2.75) is 0 Å². The van der Waals surface area contributed by atoms with Crippen LogP contribution < -0.4 is 0 Å². The third-order valence-corrected chi connectivity index (χ3v) is 1.91. The number of hydrogen-bond donors (Lipinski definition) is 0. The molecule has 0 fully saturated rings. The van der Waals surface area contributed by atoms with Gasteiger partial charge in [-0.2, -0.15) is 0 Å². The normalized spacial score (nSPS) is 12.8. The van der Waals surface area contributed by atoms with Crippen molar-refractivity contribution in [3.05, 3.63) is 53.6 Å². The summed E-state index contributed by atoms with van der Waals surface area (Å²) in [4.78, 5) is 19.8. The molecule has 82 valence electrons. The van der Waals surface area contributed by atoms with Crippen molar-refractivity contribution in [1.29, 1.82) is 0 Å². The second-order valence-electron chi connectivity index (χ2n) is 2.83. The van der Waals surface area contributed by atoms with Gasteiger partial charge in [-0.3, -0.25) is 0 Å². The molecule has 16 heavy (non-hydrogen) atoms. The van der Waals surface area contributed by atoms with Gasteiger partial charge in [0.05, 0.1) is 0 Å². The summed E-state index contributed by atoms with van der Waals surface area (Å²) in [7, 11) is 0. The van der Waals surface area contributed by atoms with Crippen molar-refractivity contribution in [1.82, 2.24) is 0 Å². The van der Waals surface area contributed by atoms with Crippen molar-refractivity contribution in [2.24, 2.45) is 0 Å². The van der Waals surface area contributed by atoms with Crippen LogP contribution in [0.5, 0.6) is 0 Å². The quantitative estimate of drug-likeness (QED) is 0.556. The Kier molecular flexibility index (Phi) is 4.48. The van der Waals surface area contributed by atoms with E-state index in [0.29, 0.717) is 0 Å². The molecule has 1 aromatic carbocycles. The lowest BCUT2D eigenvalue weighted by Crippen LogP contribution is -1.96. The third kappa shape index (κ3) is 4.11. The first kappa shape index (κ1) is 12.2. The lowest BCUT2D eigenvalue weighted by atomic mass is 10.2. The predicted octanol–water partition coefficient (Wildman–Crippen LogP) is 2.61. The minimum Gasteiger partial charge on any atom is -0.387 e. The molecule has 1 aromatic rings. The van der Waals surface area contributed by atoms with Gasteiger partial charge in [-0.05, 0) is 17.7 Å². The van der Waals surface area contributed by atoms with Crippen LogP contribution in [0.3, 0.4) is 0 Å². The molecule has 3 nitrogen and oxygen atoms in total. The highest BCUT2D eigenvalue weighted by molar-refractivity contribution is 6.30. The van der Waals surface area contributed by atoms with Crippen molar-refractivity contribution < 1.29 is 14.3 Å². The second kappa shape index (κ2) is 5.88. The first-order valence-electron chi connectivity index (χ1n) is 4.43. The molecule has 2 rings (SSSR count). The molecule has 1 aliphatic heterocycles. The van der Waals surface area contributed by atoms with Gasteiger partial charge in [0.1, 0.15) is 0 Å². The molecule has 0 atom stereocenters. The van der Waals surface area contributed by atoms with Crippen molar-refractivity contribution in [3.63, 3.8) is 0 Å². The Morgan fingerprint density at radius 2 is 1.56 bits per heavy atom. The van der Waals surface area contributed by atoms with E-state index in [9.17, 15) is 9.59 Å². The molecule has 0 radical (unpaired) electrons. The van der Waals surface area contributed by atoms with Gasteiger partial charge < -0.3 is 4.74 Å². The Bertz CT molecular complexity index is 416. The number of hydrogen-bond acceptors (Lipinski definition) is 3. The predicted molar refractivity (Wildman–Crippen MR) is 61.8 cm³/mol. The third-order valence-electron chi connectivity index (χ3n) is 1.66. The lowest BCUT2D eigenvalue weighted by molar-refractivity contribution is -0.150. The maximum absolute atomic E-state index is 9.92. The van der Waals surface area contributed by atoms with E-state index in [4.69, 9.17) is 11.6 Å². The highest BCUT2D eigenvalue weighted by Gasteiger charge is 2.10. The van der Waals surface area contributed by atoms with Crippen LogP contribution in [-0.2, 0) is 14.3 Å². The van der Waals surface area contributed by atoms with Crippen LogP contribution in [0.1, 0.15) is 5.56 Å². The van der Waals surface area contributed by atoms with Gasteiger partial charge in [0.25, 0.3) is 0 Å². The first-order valence-corrected chi connectivity index (χ1v) is 4.81. The SMILES string of the molecule is C=Cc1ccc(Cl)cc1.O=C1C=CC(=O)O1. The highest BCUT2D eigenvalue weighted by Crippen LogP contribution is 2.09. The fourth-order valence-corrected chi connectivity index (χ4v) is 1.03. The van der Waals surface area contributed by atoms with Crippen LogP contribution in [0.2, 0.25) is 5.02 Å².